The van der Waals surface area contributed by atoms with Crippen LogP contribution in [0.4, 0.5) is 0 Å². The summed E-state index contributed by atoms with van der Waals surface area (Å²) in [6, 6.07) is 12.2. The van der Waals surface area contributed by atoms with Gasteiger partial charge in [0, 0.05) is 33.0 Å². The fourth-order valence-corrected chi connectivity index (χ4v) is 2.40. The molecule has 0 aliphatic heterocycles. The van der Waals surface area contributed by atoms with Gasteiger partial charge in [0.25, 0.3) is 0 Å². The van der Waals surface area contributed by atoms with Crippen molar-refractivity contribution in [3.63, 3.8) is 0 Å². The average molecular weight is 314 g/mol. The second-order valence-corrected chi connectivity index (χ2v) is 5.61. The first-order chi connectivity index (χ1) is 11.1. The molecule has 0 aliphatic rings. The Balaban J connectivity index is 1.77. The van der Waals surface area contributed by atoms with Gasteiger partial charge in [-0.1, -0.05) is 12.1 Å². The van der Waals surface area contributed by atoms with Gasteiger partial charge in [0.2, 0.25) is 0 Å². The highest BCUT2D eigenvalue weighted by atomic mass is 16.5. The molecule has 0 unspecified atom stereocenters. The van der Waals surface area contributed by atoms with E-state index in [1.165, 1.54) is 11.3 Å². The Kier molecular flexibility index (Phi) is 6.09. The van der Waals surface area contributed by atoms with Crippen LogP contribution in [0.3, 0.4) is 0 Å². The lowest BCUT2D eigenvalue weighted by Crippen LogP contribution is -2.40. The molecular formula is C18H26N4O. The summed E-state index contributed by atoms with van der Waals surface area (Å²) < 4.78 is 7.86. The van der Waals surface area contributed by atoms with Gasteiger partial charge in [-0.3, -0.25) is 4.99 Å². The van der Waals surface area contributed by atoms with Crippen LogP contribution in [0.1, 0.15) is 11.3 Å². The summed E-state index contributed by atoms with van der Waals surface area (Å²) in [6.45, 7) is 4.17. The third kappa shape index (κ3) is 5.06. The van der Waals surface area contributed by atoms with Crippen molar-refractivity contribution in [2.24, 2.45) is 12.0 Å². The van der Waals surface area contributed by atoms with Crippen LogP contribution in [0.2, 0.25) is 0 Å². The molecule has 1 aromatic heterocycles. The molecule has 0 radical (unpaired) electrons. The number of aliphatic imine (C=N–C) groups is 1. The summed E-state index contributed by atoms with van der Waals surface area (Å²) in [5.74, 6) is 1.76. The third-order valence-corrected chi connectivity index (χ3v) is 3.67. The van der Waals surface area contributed by atoms with E-state index in [0.717, 1.165) is 18.3 Å². The van der Waals surface area contributed by atoms with Crippen LogP contribution in [0, 0.1) is 6.92 Å². The Hall–Kier alpha value is -2.43. The second-order valence-electron chi connectivity index (χ2n) is 5.61. The Bertz CT molecular complexity index is 648. The Morgan fingerprint density at radius 1 is 1.30 bits per heavy atom. The maximum atomic E-state index is 5.75. The zero-order valence-corrected chi connectivity index (χ0v) is 14.4. The van der Waals surface area contributed by atoms with E-state index in [0.29, 0.717) is 13.2 Å². The van der Waals surface area contributed by atoms with E-state index in [-0.39, 0.29) is 0 Å². The van der Waals surface area contributed by atoms with Gasteiger partial charge in [0.15, 0.2) is 5.96 Å². The van der Waals surface area contributed by atoms with Gasteiger partial charge in [-0.05, 0) is 36.8 Å². The SMILES string of the molecule is CN=C(NCCOc1cccc(C)c1)N(C)Cc1cccn1C. The van der Waals surface area contributed by atoms with Crippen molar-refractivity contribution in [3.8, 4) is 5.75 Å². The molecule has 2 rings (SSSR count). The molecule has 1 N–H and O–H groups in total. The van der Waals surface area contributed by atoms with E-state index in [1.807, 2.05) is 25.2 Å². The number of nitrogens with one attached hydrogen (secondary N) is 1. The Labute approximate surface area is 138 Å². The lowest BCUT2D eigenvalue weighted by molar-refractivity contribution is 0.319. The molecule has 2 aromatic rings. The molecule has 124 valence electrons. The fraction of sp³-hybridized carbons (Fsp3) is 0.389. The number of nitrogens with zero attached hydrogens (tertiary/aromatic N) is 3. The summed E-state index contributed by atoms with van der Waals surface area (Å²) >= 11 is 0. The maximum absolute atomic E-state index is 5.75. The van der Waals surface area contributed by atoms with Crippen LogP contribution in [-0.4, -0.2) is 42.7 Å². The van der Waals surface area contributed by atoms with Crippen LogP contribution in [-0.2, 0) is 13.6 Å². The van der Waals surface area contributed by atoms with E-state index in [4.69, 9.17) is 4.74 Å². The monoisotopic (exact) mass is 314 g/mol. The van der Waals surface area contributed by atoms with E-state index in [2.05, 4.69) is 58.1 Å². The summed E-state index contributed by atoms with van der Waals surface area (Å²) in [5.41, 5.74) is 2.44. The quantitative estimate of drug-likeness (QED) is 0.506. The zero-order valence-electron chi connectivity index (χ0n) is 14.4. The minimum Gasteiger partial charge on any atom is -0.492 e. The molecule has 1 heterocycles. The van der Waals surface area contributed by atoms with Crippen molar-refractivity contribution in [3.05, 3.63) is 53.9 Å². The van der Waals surface area contributed by atoms with Crippen molar-refractivity contribution in [2.75, 3.05) is 27.2 Å². The average Bonchev–Trinajstić information content (AvgIpc) is 2.92. The van der Waals surface area contributed by atoms with Crippen LogP contribution < -0.4 is 10.1 Å². The van der Waals surface area contributed by atoms with Gasteiger partial charge < -0.3 is 19.5 Å². The highest BCUT2D eigenvalue weighted by Crippen LogP contribution is 2.11. The first-order valence-corrected chi connectivity index (χ1v) is 7.81. The minimum absolute atomic E-state index is 0.598. The number of hydrogen-bond donors (Lipinski definition) is 1. The first-order valence-electron chi connectivity index (χ1n) is 7.81. The van der Waals surface area contributed by atoms with Gasteiger partial charge >= 0.3 is 0 Å². The normalized spacial score (nSPS) is 11.4. The lowest BCUT2D eigenvalue weighted by Gasteiger charge is -2.22. The van der Waals surface area contributed by atoms with Crippen LogP contribution in [0.5, 0.6) is 5.75 Å². The van der Waals surface area contributed by atoms with Crippen LogP contribution in [0.25, 0.3) is 0 Å². The molecule has 0 fully saturated rings. The van der Waals surface area contributed by atoms with E-state index < -0.39 is 0 Å². The Morgan fingerprint density at radius 3 is 2.78 bits per heavy atom. The molecule has 0 amide bonds. The predicted molar refractivity (Wildman–Crippen MR) is 94.9 cm³/mol. The molecule has 0 aliphatic carbocycles. The summed E-state index contributed by atoms with van der Waals surface area (Å²) in [6.07, 6.45) is 2.05. The standard InChI is InChI=1S/C18H26N4O/c1-15-7-5-9-17(13-15)23-12-10-20-18(19-2)22(4)14-16-8-6-11-21(16)3/h5-9,11,13H,10,12,14H2,1-4H3,(H,19,20). The summed E-state index contributed by atoms with van der Waals surface area (Å²) in [5, 5.41) is 3.33. The minimum atomic E-state index is 0.598. The maximum Gasteiger partial charge on any atom is 0.193 e. The fourth-order valence-electron chi connectivity index (χ4n) is 2.40. The third-order valence-electron chi connectivity index (χ3n) is 3.67. The van der Waals surface area contributed by atoms with Crippen molar-refractivity contribution in [1.29, 1.82) is 0 Å². The van der Waals surface area contributed by atoms with Gasteiger partial charge in [0.05, 0.1) is 13.1 Å². The Morgan fingerprint density at radius 2 is 2.13 bits per heavy atom. The van der Waals surface area contributed by atoms with Crippen LogP contribution in [0.15, 0.2) is 47.6 Å². The van der Waals surface area contributed by atoms with Crippen molar-refractivity contribution in [1.82, 2.24) is 14.8 Å². The van der Waals surface area contributed by atoms with Crippen molar-refractivity contribution in [2.45, 2.75) is 13.5 Å². The van der Waals surface area contributed by atoms with Crippen LogP contribution >= 0.6 is 0 Å². The molecule has 0 atom stereocenters. The molecule has 1 aromatic carbocycles. The first kappa shape index (κ1) is 16.9. The number of rotatable bonds is 6. The second kappa shape index (κ2) is 8.27. The number of ether oxygens (including phenoxy) is 1. The van der Waals surface area contributed by atoms with Gasteiger partial charge in [-0.25, -0.2) is 0 Å². The molecule has 0 bridgehead atoms. The highest BCUT2D eigenvalue weighted by molar-refractivity contribution is 5.79. The number of guanidine groups is 1. The molecular weight excluding hydrogens is 288 g/mol. The summed E-state index contributed by atoms with van der Waals surface area (Å²) in [4.78, 5) is 6.42. The number of aromatic nitrogens is 1. The molecule has 0 saturated carbocycles. The van der Waals surface area contributed by atoms with Crippen molar-refractivity contribution < 1.29 is 4.74 Å². The molecule has 0 saturated heterocycles. The topological polar surface area (TPSA) is 41.8 Å². The van der Waals surface area contributed by atoms with E-state index in [1.54, 1.807) is 7.05 Å². The number of hydrogen-bond acceptors (Lipinski definition) is 2. The smallest absolute Gasteiger partial charge is 0.193 e. The van der Waals surface area contributed by atoms with Gasteiger partial charge in [-0.2, -0.15) is 0 Å². The molecule has 0 spiro atoms. The molecule has 5 heteroatoms. The largest absolute Gasteiger partial charge is 0.492 e. The van der Waals surface area contributed by atoms with E-state index >= 15 is 0 Å². The molecule has 23 heavy (non-hydrogen) atoms. The molecule has 5 nitrogen and oxygen atoms in total. The zero-order chi connectivity index (χ0) is 16.7. The summed E-state index contributed by atoms with van der Waals surface area (Å²) in [7, 11) is 5.88. The van der Waals surface area contributed by atoms with Crippen molar-refractivity contribution >= 4 is 5.96 Å². The number of benzene rings is 1. The highest BCUT2D eigenvalue weighted by Gasteiger charge is 2.07. The number of aryl methyl sites for hydroxylation is 2. The van der Waals surface area contributed by atoms with Gasteiger partial charge in [-0.15, -0.1) is 0 Å². The lowest BCUT2D eigenvalue weighted by atomic mass is 10.2. The van der Waals surface area contributed by atoms with Gasteiger partial charge in [0.1, 0.15) is 12.4 Å². The van der Waals surface area contributed by atoms with E-state index in [9.17, 15) is 0 Å². The predicted octanol–water partition coefficient (Wildman–Crippen LogP) is 2.42.